The number of non-ortho nitro benzene ring substituents is 1. The van der Waals surface area contributed by atoms with Crippen molar-refractivity contribution in [1.82, 2.24) is 15.0 Å². The molecule has 26 heavy (non-hydrogen) atoms. The van der Waals surface area contributed by atoms with Crippen molar-refractivity contribution in [2.45, 2.75) is 19.6 Å². The van der Waals surface area contributed by atoms with Crippen LogP contribution in [0.4, 0.5) is 24.5 Å². The third kappa shape index (κ3) is 3.93. The molecule has 0 atom stereocenters. The van der Waals surface area contributed by atoms with E-state index in [1.807, 2.05) is 4.90 Å². The maximum atomic E-state index is 13.3. The number of halogens is 3. The van der Waals surface area contributed by atoms with E-state index in [1.54, 1.807) is 11.8 Å². The third-order valence-electron chi connectivity index (χ3n) is 4.14. The minimum atomic E-state index is -4.67. The number of anilines is 1. The van der Waals surface area contributed by atoms with E-state index in [4.69, 9.17) is 4.52 Å². The summed E-state index contributed by atoms with van der Waals surface area (Å²) in [6, 6.07) is 2.85. The van der Waals surface area contributed by atoms with Gasteiger partial charge in [0.05, 0.1) is 17.0 Å². The van der Waals surface area contributed by atoms with Gasteiger partial charge in [-0.15, -0.1) is 0 Å². The largest absolute Gasteiger partial charge is 0.418 e. The number of aromatic nitrogens is 2. The Kier molecular flexibility index (Phi) is 4.81. The molecule has 0 amide bonds. The standard InChI is InChI=1S/C15H16F3N5O3/c1-10-19-14(26-20-10)9-21-4-6-22(7-5-21)13-3-2-11(23(24)25)8-12(13)15(16,17)18/h2-3,8H,4-7,9H2,1H3. The molecule has 2 heterocycles. The van der Waals surface area contributed by atoms with Crippen LogP contribution < -0.4 is 4.90 Å². The van der Waals surface area contributed by atoms with Crippen LogP contribution in [0.15, 0.2) is 22.7 Å². The van der Waals surface area contributed by atoms with Crippen LogP contribution in [0.2, 0.25) is 0 Å². The molecule has 140 valence electrons. The smallest absolute Gasteiger partial charge is 0.368 e. The number of piperazine rings is 1. The SMILES string of the molecule is Cc1noc(CN2CCN(c3ccc([N+](=O)[O-])cc3C(F)(F)F)CC2)n1. The van der Waals surface area contributed by atoms with Crippen molar-refractivity contribution in [3.63, 3.8) is 0 Å². The van der Waals surface area contributed by atoms with Crippen LogP contribution in [0.1, 0.15) is 17.3 Å². The first-order valence-electron chi connectivity index (χ1n) is 7.86. The van der Waals surface area contributed by atoms with Gasteiger partial charge in [0.25, 0.3) is 5.69 Å². The van der Waals surface area contributed by atoms with Gasteiger partial charge in [-0.05, 0) is 13.0 Å². The first-order valence-corrected chi connectivity index (χ1v) is 7.86. The van der Waals surface area contributed by atoms with Gasteiger partial charge < -0.3 is 9.42 Å². The van der Waals surface area contributed by atoms with Crippen LogP contribution in [0.3, 0.4) is 0 Å². The summed E-state index contributed by atoms with van der Waals surface area (Å²) in [6.45, 7) is 3.87. The molecule has 0 bridgehead atoms. The maximum Gasteiger partial charge on any atom is 0.418 e. The molecule has 1 aromatic heterocycles. The summed E-state index contributed by atoms with van der Waals surface area (Å²) in [5.41, 5.74) is -1.62. The summed E-state index contributed by atoms with van der Waals surface area (Å²) in [7, 11) is 0. The van der Waals surface area contributed by atoms with Crippen molar-refractivity contribution < 1.29 is 22.6 Å². The van der Waals surface area contributed by atoms with E-state index in [1.165, 1.54) is 0 Å². The predicted octanol–water partition coefficient (Wildman–Crippen LogP) is 2.63. The average Bonchev–Trinajstić information content (AvgIpc) is 2.99. The summed E-state index contributed by atoms with van der Waals surface area (Å²) in [6.07, 6.45) is -4.67. The number of nitro benzene ring substituents is 1. The Bertz CT molecular complexity index is 800. The normalized spacial score (nSPS) is 16.1. The molecule has 1 saturated heterocycles. The van der Waals surface area contributed by atoms with Gasteiger partial charge in [0.15, 0.2) is 5.82 Å². The second-order valence-electron chi connectivity index (χ2n) is 5.95. The van der Waals surface area contributed by atoms with Crippen molar-refractivity contribution in [1.29, 1.82) is 0 Å². The topological polar surface area (TPSA) is 88.5 Å². The Hall–Kier alpha value is -2.69. The van der Waals surface area contributed by atoms with Crippen molar-refractivity contribution in [2.75, 3.05) is 31.1 Å². The second-order valence-corrected chi connectivity index (χ2v) is 5.95. The molecule has 8 nitrogen and oxygen atoms in total. The van der Waals surface area contributed by atoms with Gasteiger partial charge in [-0.3, -0.25) is 15.0 Å². The maximum absolute atomic E-state index is 13.3. The molecule has 1 aromatic carbocycles. The summed E-state index contributed by atoms with van der Waals surface area (Å²) in [5, 5.41) is 14.5. The number of hydrogen-bond donors (Lipinski definition) is 0. The molecule has 11 heteroatoms. The molecule has 0 aliphatic carbocycles. The molecule has 1 aliphatic heterocycles. The second kappa shape index (κ2) is 6.90. The summed E-state index contributed by atoms with van der Waals surface area (Å²) >= 11 is 0. The third-order valence-corrected chi connectivity index (χ3v) is 4.14. The summed E-state index contributed by atoms with van der Waals surface area (Å²) in [4.78, 5) is 17.7. The fourth-order valence-electron chi connectivity index (χ4n) is 2.88. The molecule has 1 aliphatic rings. The van der Waals surface area contributed by atoms with E-state index in [0.29, 0.717) is 50.5 Å². The molecule has 0 radical (unpaired) electrons. The van der Waals surface area contributed by atoms with Gasteiger partial charge in [0.1, 0.15) is 0 Å². The van der Waals surface area contributed by atoms with Gasteiger partial charge in [-0.1, -0.05) is 5.16 Å². The Morgan fingerprint density at radius 1 is 1.27 bits per heavy atom. The van der Waals surface area contributed by atoms with E-state index < -0.39 is 22.4 Å². The highest BCUT2D eigenvalue weighted by molar-refractivity contribution is 5.59. The van der Waals surface area contributed by atoms with Gasteiger partial charge >= 0.3 is 6.18 Å². The number of hydrogen-bond acceptors (Lipinski definition) is 7. The van der Waals surface area contributed by atoms with Crippen LogP contribution in [-0.4, -0.2) is 46.1 Å². The first kappa shape index (κ1) is 18.1. The molecular formula is C15H16F3N5O3. The van der Waals surface area contributed by atoms with Crippen LogP contribution in [0.5, 0.6) is 0 Å². The van der Waals surface area contributed by atoms with Gasteiger partial charge in [-0.2, -0.15) is 18.2 Å². The molecule has 0 unspecified atom stereocenters. The number of rotatable bonds is 4. The zero-order chi connectivity index (χ0) is 18.9. The summed E-state index contributed by atoms with van der Waals surface area (Å²) < 4.78 is 45.0. The minimum Gasteiger partial charge on any atom is -0.368 e. The minimum absolute atomic E-state index is 0.0450. The highest BCUT2D eigenvalue weighted by Crippen LogP contribution is 2.39. The number of aryl methyl sites for hydroxylation is 1. The molecule has 0 spiro atoms. The lowest BCUT2D eigenvalue weighted by Crippen LogP contribution is -2.46. The monoisotopic (exact) mass is 371 g/mol. The molecule has 3 rings (SSSR count). The molecule has 0 saturated carbocycles. The fraction of sp³-hybridized carbons (Fsp3) is 0.467. The summed E-state index contributed by atoms with van der Waals surface area (Å²) in [5.74, 6) is 0.988. The molecule has 2 aromatic rings. The predicted molar refractivity (Wildman–Crippen MR) is 84.6 cm³/mol. The Morgan fingerprint density at radius 3 is 2.50 bits per heavy atom. The zero-order valence-corrected chi connectivity index (χ0v) is 13.9. The number of benzene rings is 1. The fourth-order valence-corrected chi connectivity index (χ4v) is 2.88. The number of nitro groups is 1. The lowest BCUT2D eigenvalue weighted by Gasteiger charge is -2.36. The van der Waals surface area contributed by atoms with Crippen molar-refractivity contribution in [3.8, 4) is 0 Å². The molecule has 1 fully saturated rings. The van der Waals surface area contributed by atoms with Gasteiger partial charge in [-0.25, -0.2) is 0 Å². The number of nitrogens with zero attached hydrogens (tertiary/aromatic N) is 5. The lowest BCUT2D eigenvalue weighted by atomic mass is 10.1. The highest BCUT2D eigenvalue weighted by Gasteiger charge is 2.37. The van der Waals surface area contributed by atoms with Crippen LogP contribution >= 0.6 is 0 Å². The van der Waals surface area contributed by atoms with Gasteiger partial charge in [0.2, 0.25) is 5.89 Å². The van der Waals surface area contributed by atoms with Crippen molar-refractivity contribution >= 4 is 11.4 Å². The Balaban J connectivity index is 1.73. The lowest BCUT2D eigenvalue weighted by molar-refractivity contribution is -0.385. The van der Waals surface area contributed by atoms with Crippen LogP contribution in [0.25, 0.3) is 0 Å². The highest BCUT2D eigenvalue weighted by atomic mass is 19.4. The van der Waals surface area contributed by atoms with E-state index in [0.717, 1.165) is 12.1 Å². The zero-order valence-electron chi connectivity index (χ0n) is 13.9. The van der Waals surface area contributed by atoms with E-state index >= 15 is 0 Å². The van der Waals surface area contributed by atoms with Crippen molar-refractivity contribution in [2.24, 2.45) is 0 Å². The van der Waals surface area contributed by atoms with Gasteiger partial charge in [0, 0.05) is 44.0 Å². The van der Waals surface area contributed by atoms with Crippen LogP contribution in [0, 0.1) is 17.0 Å². The van der Waals surface area contributed by atoms with E-state index in [9.17, 15) is 23.3 Å². The number of alkyl halides is 3. The average molecular weight is 371 g/mol. The molecule has 0 N–H and O–H groups in total. The van der Waals surface area contributed by atoms with E-state index in [2.05, 4.69) is 10.1 Å². The first-order chi connectivity index (χ1) is 12.2. The van der Waals surface area contributed by atoms with Crippen LogP contribution in [-0.2, 0) is 12.7 Å². The van der Waals surface area contributed by atoms with E-state index in [-0.39, 0.29) is 5.69 Å². The Labute approximate surface area is 146 Å². The Morgan fingerprint density at radius 2 is 1.96 bits per heavy atom. The molecular weight excluding hydrogens is 355 g/mol. The quantitative estimate of drug-likeness (QED) is 0.603. The van der Waals surface area contributed by atoms with Crippen molar-refractivity contribution in [3.05, 3.63) is 45.6 Å².